The number of carboxylic acid groups (broad SMARTS) is 1. The molecule has 3 atom stereocenters. The largest absolute Gasteiger partial charge is 0.465 e. The van der Waals surface area contributed by atoms with Gasteiger partial charge in [-0.15, -0.1) is 6.42 Å². The van der Waals surface area contributed by atoms with Crippen LogP contribution in [-0.4, -0.2) is 63.5 Å². The maximum atomic E-state index is 13.7. The Morgan fingerprint density at radius 2 is 2.06 bits per heavy atom. The zero-order chi connectivity index (χ0) is 23.3. The van der Waals surface area contributed by atoms with Crippen LogP contribution in [0.2, 0.25) is 0 Å². The number of alkyl halides is 3. The van der Waals surface area contributed by atoms with E-state index in [1.54, 1.807) is 0 Å². The van der Waals surface area contributed by atoms with E-state index in [1.165, 1.54) is 9.80 Å². The summed E-state index contributed by atoms with van der Waals surface area (Å²) in [7, 11) is 0. The van der Waals surface area contributed by atoms with E-state index in [4.69, 9.17) is 11.5 Å². The third-order valence-electron chi connectivity index (χ3n) is 6.69. The first-order chi connectivity index (χ1) is 15.0. The standard InChI is InChI=1S/C21H21F3N4O4/c1-2-17(29)28-10-14-6-15(26-19(31)32)7-20(14,11-28)18(30)27-4-3-16-12(9-27)5-13(8-25-16)21(22,23)24/h1,5,8,14-15,26H,3-4,6-7,9-11H2,(H,31,32)/t14-,15+,20-/m0/s1. The van der Waals surface area contributed by atoms with Crippen LogP contribution in [-0.2, 0) is 28.7 Å². The van der Waals surface area contributed by atoms with Crippen molar-refractivity contribution in [3.63, 3.8) is 0 Å². The van der Waals surface area contributed by atoms with Crippen molar-refractivity contribution < 1.29 is 32.7 Å². The maximum absolute atomic E-state index is 13.7. The van der Waals surface area contributed by atoms with Crippen LogP contribution >= 0.6 is 0 Å². The van der Waals surface area contributed by atoms with Gasteiger partial charge in [0.15, 0.2) is 0 Å². The average Bonchev–Trinajstić information content (AvgIpc) is 3.25. The van der Waals surface area contributed by atoms with Gasteiger partial charge in [0, 0.05) is 50.5 Å². The summed E-state index contributed by atoms with van der Waals surface area (Å²) >= 11 is 0. The van der Waals surface area contributed by atoms with Gasteiger partial charge in [0.05, 0.1) is 11.0 Å². The Morgan fingerprint density at radius 3 is 2.72 bits per heavy atom. The lowest BCUT2D eigenvalue weighted by atomic mass is 9.78. The van der Waals surface area contributed by atoms with Crippen molar-refractivity contribution in [3.8, 4) is 12.3 Å². The number of carbonyl (C=O) groups is 3. The fourth-order valence-corrected chi connectivity index (χ4v) is 5.30. The monoisotopic (exact) mass is 450 g/mol. The number of fused-ring (bicyclic) bond motifs is 2. The molecule has 0 radical (unpaired) electrons. The van der Waals surface area contributed by atoms with Gasteiger partial charge in [-0.1, -0.05) is 0 Å². The molecule has 0 aromatic carbocycles. The molecule has 2 fully saturated rings. The molecular formula is C21H21F3N4O4. The Labute approximate surface area is 181 Å². The molecule has 170 valence electrons. The first-order valence-electron chi connectivity index (χ1n) is 10.1. The molecule has 1 aromatic rings. The molecule has 1 aromatic heterocycles. The summed E-state index contributed by atoms with van der Waals surface area (Å²) in [5.74, 6) is 0.903. The van der Waals surface area contributed by atoms with Crippen molar-refractivity contribution in [1.82, 2.24) is 20.1 Å². The number of aromatic nitrogens is 1. The lowest BCUT2D eigenvalue weighted by Crippen LogP contribution is -2.49. The molecule has 1 aliphatic carbocycles. The highest BCUT2D eigenvalue weighted by Crippen LogP contribution is 2.50. The van der Waals surface area contributed by atoms with E-state index in [1.807, 2.05) is 5.92 Å². The summed E-state index contributed by atoms with van der Waals surface area (Å²) in [6, 6.07) is 0.559. The molecule has 8 nitrogen and oxygen atoms in total. The zero-order valence-corrected chi connectivity index (χ0v) is 17.0. The Bertz CT molecular complexity index is 1020. The second kappa shape index (κ2) is 7.69. The predicted molar refractivity (Wildman–Crippen MR) is 104 cm³/mol. The molecule has 0 spiro atoms. The molecule has 3 aliphatic rings. The summed E-state index contributed by atoms with van der Waals surface area (Å²) in [5, 5.41) is 11.5. The van der Waals surface area contributed by atoms with Crippen LogP contribution in [0.3, 0.4) is 0 Å². The van der Waals surface area contributed by atoms with Gasteiger partial charge in [0.2, 0.25) is 5.91 Å². The van der Waals surface area contributed by atoms with Crippen LogP contribution in [0, 0.1) is 23.7 Å². The number of rotatable bonds is 2. The molecule has 0 unspecified atom stereocenters. The summed E-state index contributed by atoms with van der Waals surface area (Å²) in [5.41, 5.74) is -1.06. The average molecular weight is 450 g/mol. The van der Waals surface area contributed by atoms with Crippen molar-refractivity contribution in [2.45, 2.75) is 38.0 Å². The third-order valence-corrected chi connectivity index (χ3v) is 6.69. The molecule has 3 amide bonds. The van der Waals surface area contributed by atoms with Gasteiger partial charge in [-0.3, -0.25) is 14.6 Å². The van der Waals surface area contributed by atoms with Gasteiger partial charge in [0.1, 0.15) is 0 Å². The van der Waals surface area contributed by atoms with E-state index in [0.29, 0.717) is 24.1 Å². The summed E-state index contributed by atoms with van der Waals surface area (Å²) in [6.45, 7) is 0.538. The van der Waals surface area contributed by atoms with Crippen molar-refractivity contribution in [1.29, 1.82) is 0 Å². The molecule has 0 bridgehead atoms. The zero-order valence-electron chi connectivity index (χ0n) is 17.0. The SMILES string of the molecule is C#CC(=O)N1C[C@@H]2C[C@@H](NC(=O)O)C[C@]2(C(=O)N2CCc3ncc(C(F)(F)F)cc3C2)C1. The van der Waals surface area contributed by atoms with Gasteiger partial charge in [-0.2, -0.15) is 13.2 Å². The number of carbonyl (C=O) groups excluding carboxylic acids is 2. The van der Waals surface area contributed by atoms with E-state index in [0.717, 1.165) is 12.3 Å². The normalized spacial score (nSPS) is 26.8. The first kappa shape index (κ1) is 21.9. The smallest absolute Gasteiger partial charge is 0.417 e. The van der Waals surface area contributed by atoms with E-state index in [9.17, 15) is 27.6 Å². The number of likely N-dealkylation sites (tertiary alicyclic amines) is 1. The van der Waals surface area contributed by atoms with Crippen molar-refractivity contribution in [2.24, 2.45) is 11.3 Å². The van der Waals surface area contributed by atoms with E-state index < -0.39 is 35.2 Å². The van der Waals surface area contributed by atoms with Gasteiger partial charge >= 0.3 is 12.3 Å². The molecule has 3 heterocycles. The maximum Gasteiger partial charge on any atom is 0.417 e. The minimum Gasteiger partial charge on any atom is -0.465 e. The number of pyridine rings is 1. The van der Waals surface area contributed by atoms with Gasteiger partial charge < -0.3 is 20.2 Å². The molecule has 32 heavy (non-hydrogen) atoms. The van der Waals surface area contributed by atoms with Gasteiger partial charge in [0.25, 0.3) is 5.91 Å². The minimum absolute atomic E-state index is 0.0281. The van der Waals surface area contributed by atoms with Gasteiger partial charge in [-0.05, 0) is 36.3 Å². The Balaban J connectivity index is 1.60. The molecule has 2 N–H and O–H groups in total. The topological polar surface area (TPSA) is 103 Å². The van der Waals surface area contributed by atoms with Crippen LogP contribution in [0.4, 0.5) is 18.0 Å². The number of hydrogen-bond acceptors (Lipinski definition) is 4. The van der Waals surface area contributed by atoms with E-state index in [-0.39, 0.29) is 44.4 Å². The quantitative estimate of drug-likeness (QED) is 0.665. The molecule has 1 saturated heterocycles. The lowest BCUT2D eigenvalue weighted by molar-refractivity contribution is -0.144. The summed E-state index contributed by atoms with van der Waals surface area (Å²) in [6.07, 6.45) is 1.16. The molecule has 11 heteroatoms. The number of nitrogens with zero attached hydrogens (tertiary/aromatic N) is 3. The van der Waals surface area contributed by atoms with Crippen molar-refractivity contribution in [3.05, 3.63) is 29.1 Å². The number of amides is 3. The van der Waals surface area contributed by atoms with Crippen LogP contribution < -0.4 is 5.32 Å². The van der Waals surface area contributed by atoms with Gasteiger partial charge in [-0.25, -0.2) is 4.79 Å². The Morgan fingerprint density at radius 1 is 1.31 bits per heavy atom. The van der Waals surface area contributed by atoms with Crippen molar-refractivity contribution >= 4 is 17.9 Å². The third kappa shape index (κ3) is 3.74. The molecule has 4 rings (SSSR count). The highest BCUT2D eigenvalue weighted by atomic mass is 19.4. The first-order valence-corrected chi connectivity index (χ1v) is 10.1. The van der Waals surface area contributed by atoms with Crippen LogP contribution in [0.1, 0.15) is 29.7 Å². The predicted octanol–water partition coefficient (Wildman–Crippen LogP) is 1.49. The Hall–Kier alpha value is -3.29. The second-order valence-corrected chi connectivity index (χ2v) is 8.57. The molecular weight excluding hydrogens is 429 g/mol. The summed E-state index contributed by atoms with van der Waals surface area (Å²) in [4.78, 5) is 43.7. The Kier molecular flexibility index (Phi) is 5.27. The number of hydrogen-bond donors (Lipinski definition) is 2. The molecule has 1 saturated carbocycles. The minimum atomic E-state index is -4.54. The van der Waals surface area contributed by atoms with Crippen molar-refractivity contribution in [2.75, 3.05) is 19.6 Å². The molecule has 2 aliphatic heterocycles. The van der Waals surface area contributed by atoms with E-state index >= 15 is 0 Å². The fourth-order valence-electron chi connectivity index (χ4n) is 5.30. The number of terminal acetylenes is 1. The number of halogens is 3. The number of nitrogens with one attached hydrogen (secondary N) is 1. The highest BCUT2D eigenvalue weighted by Gasteiger charge is 2.59. The second-order valence-electron chi connectivity index (χ2n) is 8.57. The van der Waals surface area contributed by atoms with E-state index in [2.05, 4.69) is 10.3 Å². The summed E-state index contributed by atoms with van der Waals surface area (Å²) < 4.78 is 39.3. The fraction of sp³-hybridized carbons (Fsp3) is 0.524. The highest BCUT2D eigenvalue weighted by molar-refractivity contribution is 5.94. The lowest BCUT2D eigenvalue weighted by Gasteiger charge is -2.37. The van der Waals surface area contributed by atoms with Crippen LogP contribution in [0.5, 0.6) is 0 Å². The van der Waals surface area contributed by atoms with Crippen LogP contribution in [0.15, 0.2) is 12.3 Å². The van der Waals surface area contributed by atoms with Crippen LogP contribution in [0.25, 0.3) is 0 Å².